The van der Waals surface area contributed by atoms with Crippen LogP contribution in [0.3, 0.4) is 0 Å². The smallest absolute Gasteiger partial charge is 0.369 e. The summed E-state index contributed by atoms with van der Waals surface area (Å²) < 4.78 is 33.2. The summed E-state index contributed by atoms with van der Waals surface area (Å²) in [6.07, 6.45) is 8.71. The summed E-state index contributed by atoms with van der Waals surface area (Å²) in [5, 5.41) is 5.37. The Morgan fingerprint density at radius 1 is 1.04 bits per heavy atom. The number of nitrogens with one attached hydrogen (secondary N) is 1. The van der Waals surface area contributed by atoms with Crippen LogP contribution in [0, 0.1) is 0 Å². The van der Waals surface area contributed by atoms with Gasteiger partial charge in [-0.2, -0.15) is 13.2 Å². The van der Waals surface area contributed by atoms with Crippen molar-refractivity contribution in [2.75, 3.05) is 38.5 Å². The summed E-state index contributed by atoms with van der Waals surface area (Å²) in [4.78, 5) is 20.8. The van der Waals surface area contributed by atoms with Crippen molar-refractivity contribution in [2.45, 2.75) is 46.2 Å². The van der Waals surface area contributed by atoms with Gasteiger partial charge in [0.25, 0.3) is 0 Å². The van der Waals surface area contributed by atoms with Gasteiger partial charge in [0.2, 0.25) is 0 Å². The maximum Gasteiger partial charge on any atom is 0.411 e. The molecular formula is C35H40ClF3N6S. The molecular weight excluding hydrogens is 629 g/mol. The molecule has 6 rings (SSSR count). The monoisotopic (exact) mass is 668 g/mol. The molecule has 1 aliphatic carbocycles. The highest BCUT2D eigenvalue weighted by molar-refractivity contribution is 7.19. The fourth-order valence-corrected chi connectivity index (χ4v) is 6.33. The minimum atomic E-state index is -4.19. The number of thiophene rings is 1. The second-order valence-electron chi connectivity index (χ2n) is 10.8. The average Bonchev–Trinajstić information content (AvgIpc) is 3.26. The predicted molar refractivity (Wildman–Crippen MR) is 186 cm³/mol. The van der Waals surface area contributed by atoms with Crippen molar-refractivity contribution in [1.29, 1.82) is 0 Å². The van der Waals surface area contributed by atoms with Crippen LogP contribution in [-0.4, -0.2) is 64.2 Å². The van der Waals surface area contributed by atoms with Crippen LogP contribution in [0.2, 0.25) is 5.02 Å². The molecule has 0 atom stereocenters. The molecule has 1 N–H and O–H groups in total. The second kappa shape index (κ2) is 16.2. The summed E-state index contributed by atoms with van der Waals surface area (Å²) in [5.74, 6) is 0.824. The third-order valence-corrected chi connectivity index (χ3v) is 8.99. The van der Waals surface area contributed by atoms with Crippen molar-refractivity contribution in [3.05, 3.63) is 106 Å². The van der Waals surface area contributed by atoms with Crippen molar-refractivity contribution in [3.8, 4) is 0 Å². The molecule has 1 aromatic carbocycles. The number of hydrogen-bond acceptors (Lipinski definition) is 7. The number of likely N-dealkylation sites (N-methyl/N-ethyl adjacent to an activating group) is 1. The van der Waals surface area contributed by atoms with Gasteiger partial charge in [-0.25, -0.2) is 9.97 Å². The predicted octanol–water partition coefficient (Wildman–Crippen LogP) is 9.12. The topological polar surface area (TPSA) is 57.2 Å². The molecule has 2 aliphatic rings. The number of piperazine rings is 1. The first-order chi connectivity index (χ1) is 22.1. The van der Waals surface area contributed by atoms with E-state index in [1.54, 1.807) is 17.7 Å². The molecule has 1 aliphatic heterocycles. The number of pyridine rings is 1. The van der Waals surface area contributed by atoms with E-state index in [0.717, 1.165) is 90.4 Å². The molecule has 1 saturated heterocycles. The van der Waals surface area contributed by atoms with Gasteiger partial charge in [0.1, 0.15) is 17.0 Å². The molecule has 1 fully saturated rings. The number of benzene rings is 1. The van der Waals surface area contributed by atoms with E-state index in [9.17, 15) is 13.2 Å². The number of rotatable bonds is 6. The van der Waals surface area contributed by atoms with Gasteiger partial charge in [-0.3, -0.25) is 4.98 Å². The first-order valence-electron chi connectivity index (χ1n) is 15.3. The van der Waals surface area contributed by atoms with Crippen molar-refractivity contribution >= 4 is 50.7 Å². The second-order valence-corrected chi connectivity index (χ2v) is 12.3. The van der Waals surface area contributed by atoms with Crippen LogP contribution < -0.4 is 5.32 Å². The van der Waals surface area contributed by atoms with Crippen molar-refractivity contribution < 1.29 is 13.2 Å². The molecule has 0 saturated carbocycles. The first kappa shape index (κ1) is 35.1. The van der Waals surface area contributed by atoms with E-state index >= 15 is 0 Å². The van der Waals surface area contributed by atoms with Gasteiger partial charge in [0, 0.05) is 64.9 Å². The Morgan fingerprint density at radius 2 is 1.78 bits per heavy atom. The normalized spacial score (nSPS) is 14.7. The fourth-order valence-electron chi connectivity index (χ4n) is 4.94. The first-order valence-corrected chi connectivity index (χ1v) is 16.5. The van der Waals surface area contributed by atoms with E-state index in [4.69, 9.17) is 11.6 Å². The number of nitrogens with zero attached hydrogens (tertiary/aromatic N) is 5. The average molecular weight is 669 g/mol. The molecule has 0 amide bonds. The molecule has 0 bridgehead atoms. The Morgan fingerprint density at radius 3 is 2.43 bits per heavy atom. The lowest BCUT2D eigenvalue weighted by molar-refractivity contribution is -0.0909. The molecule has 3 aromatic heterocycles. The number of alkyl halides is 3. The fraction of sp³-hybridized carbons (Fsp3) is 0.343. The maximum absolute atomic E-state index is 11.1. The number of allylic oxidation sites excluding steroid dienone is 3. The number of aryl methyl sites for hydroxylation is 2. The molecule has 0 unspecified atom stereocenters. The highest BCUT2D eigenvalue weighted by atomic mass is 35.5. The Bertz CT molecular complexity index is 1680. The number of anilines is 2. The Balaban J connectivity index is 0.000000475. The van der Waals surface area contributed by atoms with Crippen LogP contribution >= 0.6 is 22.9 Å². The van der Waals surface area contributed by atoms with Gasteiger partial charge in [0.05, 0.1) is 5.39 Å². The number of hydrogen-bond donors (Lipinski definition) is 1. The van der Waals surface area contributed by atoms with E-state index < -0.39 is 11.7 Å². The Labute approximate surface area is 278 Å². The van der Waals surface area contributed by atoms with Gasteiger partial charge < -0.3 is 15.1 Å². The summed E-state index contributed by atoms with van der Waals surface area (Å²) in [5.41, 5.74) is 4.91. The van der Waals surface area contributed by atoms with Crippen LogP contribution in [0.5, 0.6) is 0 Å². The summed E-state index contributed by atoms with van der Waals surface area (Å²) in [6, 6.07) is 12.2. The van der Waals surface area contributed by atoms with Crippen molar-refractivity contribution in [3.63, 3.8) is 0 Å². The zero-order valence-electron chi connectivity index (χ0n) is 26.7. The van der Waals surface area contributed by atoms with Gasteiger partial charge in [-0.15, -0.1) is 11.3 Å². The van der Waals surface area contributed by atoms with E-state index in [-0.39, 0.29) is 0 Å². The molecule has 0 spiro atoms. The number of fused-ring (bicyclic) bond motifs is 3. The van der Waals surface area contributed by atoms with E-state index in [2.05, 4.69) is 74.1 Å². The van der Waals surface area contributed by atoms with E-state index in [0.29, 0.717) is 0 Å². The standard InChI is InChI=1S/C29H29ClN6S.C4H5F3.C2H6/c1-35-13-15-36(16-14-35)23-6-4-7-24-26(18-23)37-29-27(24)28(32-19-33-29)34-22-11-9-20(25(30)17-22)8-10-21-5-2-3-12-31-21;1-3(2)4(5,6)7;1-2/h2-6,9,11-12,17-19H,7-8,10,13-16H2,1H3,(H,32,33,34);1H2,2H3;1-2H3. The van der Waals surface area contributed by atoms with Gasteiger partial charge in [-0.1, -0.05) is 50.2 Å². The van der Waals surface area contributed by atoms with Gasteiger partial charge >= 0.3 is 6.18 Å². The lowest BCUT2D eigenvalue weighted by Gasteiger charge is -2.34. The van der Waals surface area contributed by atoms with Crippen molar-refractivity contribution in [2.24, 2.45) is 0 Å². The maximum atomic E-state index is 11.1. The quantitative estimate of drug-likeness (QED) is 0.207. The zero-order valence-corrected chi connectivity index (χ0v) is 28.2. The van der Waals surface area contributed by atoms with Crippen LogP contribution in [-0.2, 0) is 19.3 Å². The third kappa shape index (κ3) is 9.18. The van der Waals surface area contributed by atoms with Crippen LogP contribution in [0.4, 0.5) is 24.7 Å². The third-order valence-electron chi connectivity index (χ3n) is 7.55. The van der Waals surface area contributed by atoms with Crippen LogP contribution in [0.1, 0.15) is 42.5 Å². The lowest BCUT2D eigenvalue weighted by atomic mass is 10.1. The molecule has 46 heavy (non-hydrogen) atoms. The molecule has 0 radical (unpaired) electrons. The highest BCUT2D eigenvalue weighted by Crippen LogP contribution is 2.38. The molecule has 11 heteroatoms. The highest BCUT2D eigenvalue weighted by Gasteiger charge is 2.27. The molecule has 6 nitrogen and oxygen atoms in total. The number of aromatic nitrogens is 3. The number of halogens is 4. The van der Waals surface area contributed by atoms with E-state index in [1.165, 1.54) is 16.1 Å². The lowest BCUT2D eigenvalue weighted by Crippen LogP contribution is -2.43. The van der Waals surface area contributed by atoms with Gasteiger partial charge in [0.15, 0.2) is 0 Å². The van der Waals surface area contributed by atoms with Gasteiger partial charge in [-0.05, 0) is 80.8 Å². The summed E-state index contributed by atoms with van der Waals surface area (Å²) in [6.45, 7) is 11.9. The minimum Gasteiger partial charge on any atom is -0.369 e. The Hall–Kier alpha value is -3.73. The van der Waals surface area contributed by atoms with Crippen molar-refractivity contribution in [1.82, 2.24) is 24.8 Å². The SMILES string of the molecule is C=C(C)C(F)(F)F.CC.CN1CCN(C2=Cc3sc4ncnc(Nc5ccc(CCc6ccccn6)c(Cl)c5)c4c3CC=C2)CC1. The van der Waals surface area contributed by atoms with Crippen LogP contribution in [0.15, 0.2) is 78.9 Å². The minimum absolute atomic E-state index is 0.748. The van der Waals surface area contributed by atoms with E-state index in [1.807, 2.05) is 44.3 Å². The molecule has 4 aromatic rings. The molecule has 4 heterocycles. The zero-order chi connectivity index (χ0) is 33.3. The summed E-state index contributed by atoms with van der Waals surface area (Å²) >= 11 is 8.42. The summed E-state index contributed by atoms with van der Waals surface area (Å²) in [7, 11) is 2.19. The molecule has 244 valence electrons. The largest absolute Gasteiger partial charge is 0.411 e. The van der Waals surface area contributed by atoms with Crippen LogP contribution in [0.25, 0.3) is 16.3 Å². The Kier molecular flexibility index (Phi) is 12.4.